The van der Waals surface area contributed by atoms with Crippen LogP contribution >= 0.6 is 0 Å². The molecule has 0 saturated carbocycles. The van der Waals surface area contributed by atoms with Crippen LogP contribution in [0.5, 0.6) is 0 Å². The lowest BCUT2D eigenvalue weighted by Crippen LogP contribution is -2.36. The molecule has 1 aromatic rings. The van der Waals surface area contributed by atoms with Crippen LogP contribution in [0.2, 0.25) is 0 Å². The summed E-state index contributed by atoms with van der Waals surface area (Å²) in [6.07, 6.45) is 2.59. The van der Waals surface area contributed by atoms with Crippen molar-refractivity contribution in [2.75, 3.05) is 31.1 Å². The molecular formula is C13H20N2. The summed E-state index contributed by atoms with van der Waals surface area (Å²) in [5, 5.41) is 3.46. The second-order valence-electron chi connectivity index (χ2n) is 4.28. The van der Waals surface area contributed by atoms with Crippen molar-refractivity contribution in [3.63, 3.8) is 0 Å². The average molecular weight is 204 g/mol. The number of anilines is 1. The van der Waals surface area contributed by atoms with Gasteiger partial charge in [-0.1, -0.05) is 12.1 Å². The van der Waals surface area contributed by atoms with Gasteiger partial charge in [0.1, 0.15) is 0 Å². The molecule has 15 heavy (non-hydrogen) atoms. The van der Waals surface area contributed by atoms with Gasteiger partial charge in [0.2, 0.25) is 0 Å². The fourth-order valence-corrected chi connectivity index (χ4v) is 2.09. The molecule has 1 heterocycles. The van der Waals surface area contributed by atoms with Crippen molar-refractivity contribution >= 4 is 5.69 Å². The minimum atomic E-state index is 1.11. The largest absolute Gasteiger partial charge is 0.370 e. The van der Waals surface area contributed by atoms with E-state index in [1.54, 1.807) is 0 Å². The molecule has 2 rings (SSSR count). The fourth-order valence-electron chi connectivity index (χ4n) is 2.09. The van der Waals surface area contributed by atoms with Gasteiger partial charge in [-0.15, -0.1) is 0 Å². The Bertz CT molecular complexity index is 301. The Balaban J connectivity index is 2.06. The Morgan fingerprint density at radius 1 is 1.13 bits per heavy atom. The third-order valence-electron chi connectivity index (χ3n) is 2.96. The first-order chi connectivity index (χ1) is 7.36. The van der Waals surface area contributed by atoms with Gasteiger partial charge >= 0.3 is 0 Å². The molecule has 82 valence electrons. The van der Waals surface area contributed by atoms with Gasteiger partial charge in [0.25, 0.3) is 0 Å². The lowest BCUT2D eigenvalue weighted by molar-refractivity contribution is 0.567. The van der Waals surface area contributed by atoms with Crippen LogP contribution in [0.25, 0.3) is 0 Å². The molecule has 1 saturated heterocycles. The summed E-state index contributed by atoms with van der Waals surface area (Å²) in [4.78, 5) is 2.49. The zero-order valence-corrected chi connectivity index (χ0v) is 9.50. The lowest BCUT2D eigenvalue weighted by atomic mass is 10.2. The number of hydrogen-bond acceptors (Lipinski definition) is 2. The van der Waals surface area contributed by atoms with Crippen LogP contribution in [0, 0.1) is 6.92 Å². The van der Waals surface area contributed by atoms with E-state index >= 15 is 0 Å². The quantitative estimate of drug-likeness (QED) is 0.754. The summed E-state index contributed by atoms with van der Waals surface area (Å²) >= 11 is 0. The van der Waals surface area contributed by atoms with Gasteiger partial charge in [0.15, 0.2) is 0 Å². The number of rotatable bonds is 1. The highest BCUT2D eigenvalue weighted by Crippen LogP contribution is 2.16. The van der Waals surface area contributed by atoms with E-state index in [9.17, 15) is 0 Å². The van der Waals surface area contributed by atoms with Crippen molar-refractivity contribution in [2.45, 2.75) is 19.8 Å². The van der Waals surface area contributed by atoms with Crippen LogP contribution < -0.4 is 10.2 Å². The predicted molar refractivity (Wildman–Crippen MR) is 65.5 cm³/mol. The number of nitrogens with zero attached hydrogens (tertiary/aromatic N) is 1. The second kappa shape index (κ2) is 5.17. The van der Waals surface area contributed by atoms with E-state index in [0.717, 1.165) is 13.1 Å². The van der Waals surface area contributed by atoms with Crippen LogP contribution in [0.1, 0.15) is 18.4 Å². The van der Waals surface area contributed by atoms with Crippen LogP contribution in [0.15, 0.2) is 24.3 Å². The normalized spacial score (nSPS) is 18.3. The van der Waals surface area contributed by atoms with Crippen molar-refractivity contribution in [3.8, 4) is 0 Å². The zero-order valence-electron chi connectivity index (χ0n) is 9.50. The van der Waals surface area contributed by atoms with E-state index in [1.165, 1.54) is 37.2 Å². The van der Waals surface area contributed by atoms with Crippen molar-refractivity contribution in [1.82, 2.24) is 5.32 Å². The molecule has 0 bridgehead atoms. The highest BCUT2D eigenvalue weighted by Gasteiger charge is 2.07. The monoisotopic (exact) mass is 204 g/mol. The van der Waals surface area contributed by atoms with E-state index in [0.29, 0.717) is 0 Å². The van der Waals surface area contributed by atoms with Gasteiger partial charge in [-0.2, -0.15) is 0 Å². The lowest BCUT2D eigenvalue weighted by Gasteiger charge is -2.27. The van der Waals surface area contributed by atoms with E-state index < -0.39 is 0 Å². The molecule has 0 atom stereocenters. The van der Waals surface area contributed by atoms with Crippen LogP contribution in [-0.2, 0) is 0 Å². The van der Waals surface area contributed by atoms with Crippen LogP contribution in [-0.4, -0.2) is 26.2 Å². The Kier molecular flexibility index (Phi) is 3.62. The van der Waals surface area contributed by atoms with Crippen molar-refractivity contribution in [3.05, 3.63) is 29.8 Å². The molecule has 0 aromatic heterocycles. The van der Waals surface area contributed by atoms with E-state index in [4.69, 9.17) is 0 Å². The van der Waals surface area contributed by atoms with Gasteiger partial charge in [0.05, 0.1) is 0 Å². The third-order valence-corrected chi connectivity index (χ3v) is 2.96. The number of hydrogen-bond donors (Lipinski definition) is 1. The summed E-state index contributed by atoms with van der Waals surface area (Å²) in [5.41, 5.74) is 2.72. The van der Waals surface area contributed by atoms with E-state index in [1.807, 2.05) is 0 Å². The van der Waals surface area contributed by atoms with Gasteiger partial charge in [-0.25, -0.2) is 0 Å². The topological polar surface area (TPSA) is 15.3 Å². The maximum absolute atomic E-state index is 3.46. The summed E-state index contributed by atoms with van der Waals surface area (Å²) in [6, 6.07) is 8.80. The average Bonchev–Trinajstić information content (AvgIpc) is 2.16. The summed E-state index contributed by atoms with van der Waals surface area (Å²) in [5.74, 6) is 0. The number of nitrogens with one attached hydrogen (secondary N) is 1. The minimum absolute atomic E-state index is 1.11. The van der Waals surface area contributed by atoms with Gasteiger partial charge < -0.3 is 10.2 Å². The van der Waals surface area contributed by atoms with E-state index in [-0.39, 0.29) is 0 Å². The van der Waals surface area contributed by atoms with Crippen LogP contribution in [0.3, 0.4) is 0 Å². The zero-order chi connectivity index (χ0) is 10.5. The molecule has 1 aliphatic heterocycles. The first kappa shape index (κ1) is 10.5. The Morgan fingerprint density at radius 2 is 2.07 bits per heavy atom. The molecular weight excluding hydrogens is 184 g/mol. The summed E-state index contributed by atoms with van der Waals surface area (Å²) in [7, 11) is 0. The molecule has 1 N–H and O–H groups in total. The second-order valence-corrected chi connectivity index (χ2v) is 4.28. The van der Waals surface area contributed by atoms with Crippen LogP contribution in [0.4, 0.5) is 5.69 Å². The standard InChI is InChI=1S/C13H20N2/c1-12-5-4-6-13(11-12)15-9-3-2-7-14-8-10-15/h4-6,11,14H,2-3,7-10H2,1H3. The highest BCUT2D eigenvalue weighted by atomic mass is 15.1. The van der Waals surface area contributed by atoms with Gasteiger partial charge in [0, 0.05) is 25.3 Å². The van der Waals surface area contributed by atoms with Crippen molar-refractivity contribution < 1.29 is 0 Å². The molecule has 0 aliphatic carbocycles. The number of aryl methyl sites for hydroxylation is 1. The predicted octanol–water partition coefficient (Wildman–Crippen LogP) is 2.18. The highest BCUT2D eigenvalue weighted by molar-refractivity contribution is 5.48. The fraction of sp³-hybridized carbons (Fsp3) is 0.538. The molecule has 1 fully saturated rings. The van der Waals surface area contributed by atoms with Crippen molar-refractivity contribution in [2.24, 2.45) is 0 Å². The first-order valence-corrected chi connectivity index (χ1v) is 5.88. The molecule has 2 heteroatoms. The molecule has 0 radical (unpaired) electrons. The number of benzene rings is 1. The summed E-state index contributed by atoms with van der Waals surface area (Å²) < 4.78 is 0. The Hall–Kier alpha value is -1.02. The smallest absolute Gasteiger partial charge is 0.0369 e. The summed E-state index contributed by atoms with van der Waals surface area (Å²) in [6.45, 7) is 6.77. The minimum Gasteiger partial charge on any atom is -0.370 e. The van der Waals surface area contributed by atoms with E-state index in [2.05, 4.69) is 41.4 Å². The maximum atomic E-state index is 3.46. The Morgan fingerprint density at radius 3 is 2.93 bits per heavy atom. The third kappa shape index (κ3) is 2.96. The van der Waals surface area contributed by atoms with Crippen molar-refractivity contribution in [1.29, 1.82) is 0 Å². The molecule has 2 nitrogen and oxygen atoms in total. The molecule has 0 spiro atoms. The molecule has 1 aliphatic rings. The Labute approximate surface area is 92.3 Å². The molecule has 1 aromatic carbocycles. The SMILES string of the molecule is Cc1cccc(N2CCCCNCC2)c1. The molecule has 0 amide bonds. The van der Waals surface area contributed by atoms with Gasteiger partial charge in [-0.3, -0.25) is 0 Å². The first-order valence-electron chi connectivity index (χ1n) is 5.88. The van der Waals surface area contributed by atoms with Gasteiger partial charge in [-0.05, 0) is 44.0 Å². The molecule has 0 unspecified atom stereocenters. The maximum Gasteiger partial charge on any atom is 0.0369 e.